The molecule has 1 aliphatic rings. The topological polar surface area (TPSA) is 151 Å². The molecule has 1 aliphatic heterocycles. The van der Waals surface area contributed by atoms with Gasteiger partial charge in [0.1, 0.15) is 18.4 Å². The highest BCUT2D eigenvalue weighted by molar-refractivity contribution is 5.94. The summed E-state index contributed by atoms with van der Waals surface area (Å²) in [6, 6.07) is 11.4. The van der Waals surface area contributed by atoms with Crippen LogP contribution in [-0.2, 0) is 20.9 Å². The molecule has 3 aromatic rings. The summed E-state index contributed by atoms with van der Waals surface area (Å²) in [5, 5.41) is 13.3. The summed E-state index contributed by atoms with van der Waals surface area (Å²) in [4.78, 5) is 62.8. The van der Waals surface area contributed by atoms with Gasteiger partial charge in [-0.05, 0) is 37.8 Å². The zero-order valence-corrected chi connectivity index (χ0v) is 24.2. The van der Waals surface area contributed by atoms with Crippen LogP contribution in [0.3, 0.4) is 0 Å². The van der Waals surface area contributed by atoms with Crippen molar-refractivity contribution in [3.8, 4) is 11.4 Å². The molecule has 0 bridgehead atoms. The van der Waals surface area contributed by atoms with E-state index in [1.54, 1.807) is 30.2 Å². The number of nitrogens with zero attached hydrogens (tertiary/aromatic N) is 5. The Morgan fingerprint density at radius 3 is 2.52 bits per heavy atom. The van der Waals surface area contributed by atoms with E-state index in [0.717, 1.165) is 5.56 Å². The molecule has 1 aromatic carbocycles. The summed E-state index contributed by atoms with van der Waals surface area (Å²) >= 11 is 0. The van der Waals surface area contributed by atoms with Crippen molar-refractivity contribution in [2.24, 2.45) is 5.92 Å². The Morgan fingerprint density at radius 2 is 1.81 bits per heavy atom. The van der Waals surface area contributed by atoms with Crippen LogP contribution in [0, 0.1) is 5.92 Å². The number of benzene rings is 1. The maximum atomic E-state index is 13.4. The number of carbonyl (C=O) groups is 4. The average Bonchev–Trinajstić information content (AvgIpc) is 3.39. The van der Waals surface area contributed by atoms with E-state index in [9.17, 15) is 19.2 Å². The molecule has 2 atom stereocenters. The minimum absolute atomic E-state index is 0.127. The van der Waals surface area contributed by atoms with Gasteiger partial charge in [0.15, 0.2) is 5.82 Å². The van der Waals surface area contributed by atoms with Crippen molar-refractivity contribution in [1.82, 2.24) is 40.6 Å². The first-order valence-corrected chi connectivity index (χ1v) is 14.3. The Kier molecular flexibility index (Phi) is 10.4. The van der Waals surface area contributed by atoms with Gasteiger partial charge in [0.2, 0.25) is 17.7 Å². The number of aromatic nitrogens is 4. The van der Waals surface area contributed by atoms with Gasteiger partial charge in [-0.2, -0.15) is 5.10 Å². The van der Waals surface area contributed by atoms with Crippen molar-refractivity contribution in [2.75, 3.05) is 19.6 Å². The molecule has 0 spiro atoms. The SMILES string of the molecule is CC(C)C[C@H]1NC(=O)CCCN(C(=O)c2cccnc2)CCNC(=O)Cn2nc(-c3ccccc3)nc2[C@H](C)NC1=O. The number of fused-ring (bicyclic) bond motifs is 1. The zero-order valence-electron chi connectivity index (χ0n) is 24.2. The molecule has 0 saturated carbocycles. The average molecular weight is 575 g/mol. The van der Waals surface area contributed by atoms with E-state index < -0.39 is 12.1 Å². The van der Waals surface area contributed by atoms with Gasteiger partial charge < -0.3 is 20.9 Å². The quantitative estimate of drug-likeness (QED) is 0.432. The van der Waals surface area contributed by atoms with Crippen LogP contribution >= 0.6 is 0 Å². The fourth-order valence-electron chi connectivity index (χ4n) is 4.79. The standard InChI is InChI=1S/C30H38N8O4/c1-20(2)17-24-29(41)33-21(3)28-35-27(22-9-5-4-6-10-22)36-38(28)19-26(40)32-14-16-37(15-8-12-25(39)34-24)30(42)23-11-7-13-31-18-23/h4-7,9-11,13,18,20-21,24H,8,12,14-17,19H2,1-3H3,(H,32,40)(H,33,41)(H,34,39)/t21-,24+/m0/s1. The highest BCUT2D eigenvalue weighted by atomic mass is 16.2. The first-order chi connectivity index (χ1) is 20.2. The molecule has 12 nitrogen and oxygen atoms in total. The number of amides is 4. The predicted molar refractivity (Wildman–Crippen MR) is 156 cm³/mol. The Morgan fingerprint density at radius 1 is 1.02 bits per heavy atom. The van der Waals surface area contributed by atoms with Gasteiger partial charge in [-0.3, -0.25) is 24.2 Å². The lowest BCUT2D eigenvalue weighted by Gasteiger charge is -2.24. The smallest absolute Gasteiger partial charge is 0.255 e. The molecule has 0 aliphatic carbocycles. The molecule has 0 radical (unpaired) electrons. The minimum atomic E-state index is -0.753. The van der Waals surface area contributed by atoms with Crippen LogP contribution in [0.1, 0.15) is 62.3 Å². The Balaban J connectivity index is 1.62. The lowest BCUT2D eigenvalue weighted by atomic mass is 10.0. The summed E-state index contributed by atoms with van der Waals surface area (Å²) in [6.07, 6.45) is 4.04. The molecule has 222 valence electrons. The molecule has 3 heterocycles. The minimum Gasteiger partial charge on any atom is -0.353 e. The highest BCUT2D eigenvalue weighted by Gasteiger charge is 2.27. The molecule has 3 N–H and O–H groups in total. The van der Waals surface area contributed by atoms with Crippen molar-refractivity contribution in [3.63, 3.8) is 0 Å². The zero-order chi connectivity index (χ0) is 30.1. The van der Waals surface area contributed by atoms with E-state index >= 15 is 0 Å². The van der Waals surface area contributed by atoms with E-state index in [0.29, 0.717) is 36.6 Å². The summed E-state index contributed by atoms with van der Waals surface area (Å²) < 4.78 is 1.48. The second kappa shape index (κ2) is 14.3. The lowest BCUT2D eigenvalue weighted by molar-refractivity contribution is -0.129. The predicted octanol–water partition coefficient (Wildman–Crippen LogP) is 2.10. The van der Waals surface area contributed by atoms with Crippen LogP contribution in [0.5, 0.6) is 0 Å². The van der Waals surface area contributed by atoms with Crippen LogP contribution in [0.2, 0.25) is 0 Å². The van der Waals surface area contributed by atoms with Crippen molar-refractivity contribution in [2.45, 2.75) is 58.7 Å². The molecule has 12 heteroatoms. The first-order valence-electron chi connectivity index (χ1n) is 14.3. The van der Waals surface area contributed by atoms with Crippen LogP contribution in [0.15, 0.2) is 54.9 Å². The van der Waals surface area contributed by atoms with Gasteiger partial charge in [0, 0.05) is 44.0 Å². The fourth-order valence-corrected chi connectivity index (χ4v) is 4.79. The van der Waals surface area contributed by atoms with Crippen molar-refractivity contribution < 1.29 is 19.2 Å². The van der Waals surface area contributed by atoms with E-state index in [4.69, 9.17) is 0 Å². The molecule has 0 saturated heterocycles. The lowest BCUT2D eigenvalue weighted by Crippen LogP contribution is -2.48. The molecule has 4 amide bonds. The molecule has 4 rings (SSSR count). The molecule has 0 fully saturated rings. The van der Waals surface area contributed by atoms with Crippen LogP contribution in [-0.4, -0.2) is 74.0 Å². The highest BCUT2D eigenvalue weighted by Crippen LogP contribution is 2.19. The summed E-state index contributed by atoms with van der Waals surface area (Å²) in [7, 11) is 0. The number of nitrogens with one attached hydrogen (secondary N) is 3. The first kappa shape index (κ1) is 30.4. The molecule has 0 unspecified atom stereocenters. The number of hydrogen-bond donors (Lipinski definition) is 3. The monoisotopic (exact) mass is 574 g/mol. The van der Waals surface area contributed by atoms with Crippen molar-refractivity contribution in [3.05, 3.63) is 66.2 Å². The van der Waals surface area contributed by atoms with Crippen LogP contribution in [0.4, 0.5) is 0 Å². The third-order valence-corrected chi connectivity index (χ3v) is 6.86. The Labute approximate surface area is 245 Å². The molecule has 2 aromatic heterocycles. The molecular formula is C30H38N8O4. The van der Waals surface area contributed by atoms with E-state index in [1.807, 2.05) is 44.2 Å². The van der Waals surface area contributed by atoms with Gasteiger partial charge in [0.25, 0.3) is 5.91 Å². The summed E-state index contributed by atoms with van der Waals surface area (Å²) in [5.41, 5.74) is 1.19. The summed E-state index contributed by atoms with van der Waals surface area (Å²) in [6.45, 7) is 6.35. The number of rotatable bonds is 4. The van der Waals surface area contributed by atoms with Gasteiger partial charge in [-0.1, -0.05) is 44.2 Å². The number of pyridine rings is 1. The maximum absolute atomic E-state index is 13.4. The van der Waals surface area contributed by atoms with Crippen molar-refractivity contribution >= 4 is 23.6 Å². The van der Waals surface area contributed by atoms with Crippen LogP contribution in [0.25, 0.3) is 11.4 Å². The molecule has 42 heavy (non-hydrogen) atoms. The van der Waals surface area contributed by atoms with Gasteiger partial charge >= 0.3 is 0 Å². The van der Waals surface area contributed by atoms with E-state index in [2.05, 4.69) is 31.0 Å². The van der Waals surface area contributed by atoms with Crippen molar-refractivity contribution in [1.29, 1.82) is 0 Å². The van der Waals surface area contributed by atoms with Gasteiger partial charge in [-0.25, -0.2) is 9.67 Å². The second-order valence-electron chi connectivity index (χ2n) is 10.8. The van der Waals surface area contributed by atoms with Gasteiger partial charge in [0.05, 0.1) is 11.6 Å². The Bertz CT molecular complexity index is 1380. The Hall–Kier alpha value is -4.61. The van der Waals surface area contributed by atoms with Crippen LogP contribution < -0.4 is 16.0 Å². The molecular weight excluding hydrogens is 536 g/mol. The van der Waals surface area contributed by atoms with Gasteiger partial charge in [-0.15, -0.1) is 0 Å². The van der Waals surface area contributed by atoms with E-state index in [-0.39, 0.29) is 55.6 Å². The second-order valence-corrected chi connectivity index (χ2v) is 10.8. The third-order valence-electron chi connectivity index (χ3n) is 6.86. The maximum Gasteiger partial charge on any atom is 0.255 e. The number of hydrogen-bond acceptors (Lipinski definition) is 7. The summed E-state index contributed by atoms with van der Waals surface area (Å²) in [5.74, 6) is -0.194. The number of carbonyl (C=O) groups excluding carboxylic acids is 4. The fraction of sp³-hybridized carbons (Fsp3) is 0.433. The largest absolute Gasteiger partial charge is 0.353 e. The normalized spacial score (nSPS) is 19.3. The third kappa shape index (κ3) is 8.21. The van der Waals surface area contributed by atoms with E-state index in [1.165, 1.54) is 10.9 Å².